The number of carbonyl (C=O) groups is 3. The Kier molecular flexibility index (Phi) is 61.5. The van der Waals surface area contributed by atoms with Gasteiger partial charge in [0, 0.05) is 19.3 Å². The third-order valence-corrected chi connectivity index (χ3v) is 12.7. The van der Waals surface area contributed by atoms with Gasteiger partial charge in [-0.2, -0.15) is 0 Å². The topological polar surface area (TPSA) is 78.9 Å². The predicted molar refractivity (Wildman–Crippen MR) is 348 cm³/mol. The number of hydrogen-bond donors (Lipinski definition) is 0. The van der Waals surface area contributed by atoms with Gasteiger partial charge in [0.1, 0.15) is 13.2 Å². The van der Waals surface area contributed by atoms with Crippen LogP contribution in [0.3, 0.4) is 0 Å². The van der Waals surface area contributed by atoms with Crippen molar-refractivity contribution < 1.29 is 28.6 Å². The van der Waals surface area contributed by atoms with Crippen LogP contribution in [-0.2, 0) is 28.6 Å². The van der Waals surface area contributed by atoms with Gasteiger partial charge in [-0.3, -0.25) is 14.4 Å². The number of hydrogen-bond acceptors (Lipinski definition) is 6. The zero-order chi connectivity index (χ0) is 57.8. The largest absolute Gasteiger partial charge is 0.462 e. The Hall–Kier alpha value is -5.49. The van der Waals surface area contributed by atoms with Crippen molar-refractivity contribution in [3.63, 3.8) is 0 Å². The Morgan fingerprint density at radius 1 is 0.263 bits per heavy atom. The van der Waals surface area contributed by atoms with E-state index in [1.54, 1.807) is 0 Å². The molecule has 0 saturated heterocycles. The predicted octanol–water partition coefficient (Wildman–Crippen LogP) is 22.0. The standard InChI is InChI=1S/C74H114O6/c1-4-7-10-13-16-19-22-24-26-28-30-31-32-33-34-35-36-37-38-39-40-41-42-43-45-46-48-50-52-55-58-61-64-67-73(76)79-70-71(69-78-72(75)66-63-60-57-54-21-18-15-12-9-6-3)80-74(77)68-65-62-59-56-53-51-49-47-44-29-27-25-23-20-17-14-11-8-5-2/h7-8,10-11,16-17,19-20,24-27,30-31,33-34,36-37,39-40,42-44,46-48,51-53,55,71H,4-6,9,12-15,18,21-23,28-29,32,35,38,41,45,49-50,54,56-70H2,1-3H3/b10-7-,11-8-,19-16-,20-17-,26-24-,27-25-,31-30-,34-33-,37-36-,40-39-,43-42-,47-44-,48-46-,53-51-,55-52-. The molecule has 0 heterocycles. The van der Waals surface area contributed by atoms with Gasteiger partial charge in [-0.15, -0.1) is 0 Å². The first-order chi connectivity index (χ1) is 39.5. The van der Waals surface area contributed by atoms with Crippen molar-refractivity contribution in [3.05, 3.63) is 182 Å². The molecule has 80 heavy (non-hydrogen) atoms. The first-order valence-corrected chi connectivity index (χ1v) is 31.8. The summed E-state index contributed by atoms with van der Waals surface area (Å²) in [5, 5.41) is 0. The Bertz CT molecular complexity index is 1890. The molecule has 0 aliphatic heterocycles. The summed E-state index contributed by atoms with van der Waals surface area (Å²) in [6.45, 7) is 6.32. The average Bonchev–Trinajstić information content (AvgIpc) is 3.46. The van der Waals surface area contributed by atoms with Crippen molar-refractivity contribution in [2.24, 2.45) is 0 Å². The Morgan fingerprint density at radius 2 is 0.487 bits per heavy atom. The summed E-state index contributed by atoms with van der Waals surface area (Å²) in [4.78, 5) is 38.2. The summed E-state index contributed by atoms with van der Waals surface area (Å²) >= 11 is 0. The molecule has 0 aromatic carbocycles. The highest BCUT2D eigenvalue weighted by molar-refractivity contribution is 5.71. The lowest BCUT2D eigenvalue weighted by Crippen LogP contribution is -2.30. The Morgan fingerprint density at radius 3 is 0.787 bits per heavy atom. The molecule has 0 radical (unpaired) electrons. The van der Waals surface area contributed by atoms with Crippen LogP contribution in [0.4, 0.5) is 0 Å². The first kappa shape index (κ1) is 74.5. The van der Waals surface area contributed by atoms with E-state index in [0.717, 1.165) is 148 Å². The third-order valence-electron chi connectivity index (χ3n) is 12.7. The molecule has 0 aliphatic rings. The summed E-state index contributed by atoms with van der Waals surface area (Å²) in [7, 11) is 0. The van der Waals surface area contributed by atoms with Crippen LogP contribution in [0.5, 0.6) is 0 Å². The molecule has 0 aliphatic carbocycles. The molecule has 0 amide bonds. The van der Waals surface area contributed by atoms with Gasteiger partial charge in [-0.05, 0) is 141 Å². The molecule has 6 nitrogen and oxygen atoms in total. The van der Waals surface area contributed by atoms with E-state index in [0.29, 0.717) is 19.3 Å². The molecular weight excluding hydrogens is 985 g/mol. The zero-order valence-electron chi connectivity index (χ0n) is 51.0. The van der Waals surface area contributed by atoms with E-state index in [-0.39, 0.29) is 44.0 Å². The van der Waals surface area contributed by atoms with Crippen LogP contribution in [0.15, 0.2) is 182 Å². The molecule has 0 fully saturated rings. The summed E-state index contributed by atoms with van der Waals surface area (Å²) in [6, 6.07) is 0. The van der Waals surface area contributed by atoms with E-state index < -0.39 is 6.10 Å². The zero-order valence-corrected chi connectivity index (χ0v) is 51.0. The van der Waals surface area contributed by atoms with E-state index in [9.17, 15) is 14.4 Å². The summed E-state index contributed by atoms with van der Waals surface area (Å²) < 4.78 is 16.8. The monoisotopic (exact) mass is 1100 g/mol. The third kappa shape index (κ3) is 63.3. The molecule has 1 atom stereocenters. The maximum absolute atomic E-state index is 12.9. The Balaban J connectivity index is 4.41. The van der Waals surface area contributed by atoms with Crippen molar-refractivity contribution in [3.8, 4) is 0 Å². The van der Waals surface area contributed by atoms with Gasteiger partial charge >= 0.3 is 17.9 Å². The molecule has 0 bridgehead atoms. The van der Waals surface area contributed by atoms with Crippen LogP contribution in [0.25, 0.3) is 0 Å². The van der Waals surface area contributed by atoms with Gasteiger partial charge in [-0.1, -0.05) is 267 Å². The highest BCUT2D eigenvalue weighted by Crippen LogP contribution is 2.13. The average molecular weight is 1100 g/mol. The van der Waals surface area contributed by atoms with Crippen molar-refractivity contribution in [2.45, 2.75) is 252 Å². The molecule has 0 saturated carbocycles. The number of unbranched alkanes of at least 4 members (excludes halogenated alkanes) is 14. The second kappa shape index (κ2) is 66.0. The maximum atomic E-state index is 12.9. The SMILES string of the molecule is CC/C=C\C/C=C\C/C=C\C/C=C\C/C=C\C/C=C\C/C=C\C/C=C\C/C=C\C/C=C\CCCCC(=O)OCC(COC(=O)CCCCCCCCCCCC)OC(=O)CCCCC/C=C\C/C=C\C/C=C\C/C=C\C/C=C\CC. The smallest absolute Gasteiger partial charge is 0.306 e. The lowest BCUT2D eigenvalue weighted by Gasteiger charge is -2.18. The molecule has 446 valence electrons. The van der Waals surface area contributed by atoms with Crippen LogP contribution in [-0.4, -0.2) is 37.2 Å². The van der Waals surface area contributed by atoms with Gasteiger partial charge in [0.05, 0.1) is 0 Å². The fourth-order valence-corrected chi connectivity index (χ4v) is 7.97. The number of rotatable bonds is 55. The van der Waals surface area contributed by atoms with Gasteiger partial charge in [0.15, 0.2) is 6.10 Å². The molecule has 0 N–H and O–H groups in total. The molecule has 0 aromatic rings. The van der Waals surface area contributed by atoms with Crippen LogP contribution < -0.4 is 0 Å². The lowest BCUT2D eigenvalue weighted by atomic mass is 10.1. The highest BCUT2D eigenvalue weighted by atomic mass is 16.6. The Labute approximate surface area is 491 Å². The number of allylic oxidation sites excluding steroid dienone is 30. The van der Waals surface area contributed by atoms with Crippen LogP contribution in [0.1, 0.15) is 245 Å². The van der Waals surface area contributed by atoms with E-state index >= 15 is 0 Å². The van der Waals surface area contributed by atoms with Crippen LogP contribution >= 0.6 is 0 Å². The number of carbonyl (C=O) groups excluding carboxylic acids is 3. The fraction of sp³-hybridized carbons (Fsp3) is 0.554. The minimum Gasteiger partial charge on any atom is -0.462 e. The summed E-state index contributed by atoms with van der Waals surface area (Å²) in [6.07, 6.45) is 99.1. The van der Waals surface area contributed by atoms with Crippen LogP contribution in [0.2, 0.25) is 0 Å². The van der Waals surface area contributed by atoms with Gasteiger partial charge in [0.2, 0.25) is 0 Å². The fourth-order valence-electron chi connectivity index (χ4n) is 7.97. The van der Waals surface area contributed by atoms with E-state index in [4.69, 9.17) is 14.2 Å². The second-order valence-electron chi connectivity index (χ2n) is 20.2. The van der Waals surface area contributed by atoms with Crippen molar-refractivity contribution in [2.75, 3.05) is 13.2 Å². The first-order valence-electron chi connectivity index (χ1n) is 31.8. The quantitative estimate of drug-likeness (QED) is 0.0261. The van der Waals surface area contributed by atoms with Gasteiger partial charge < -0.3 is 14.2 Å². The molecule has 1 unspecified atom stereocenters. The van der Waals surface area contributed by atoms with Gasteiger partial charge in [-0.25, -0.2) is 0 Å². The summed E-state index contributed by atoms with van der Waals surface area (Å²) in [5.74, 6) is -1.00. The molecular formula is C74H114O6. The van der Waals surface area contributed by atoms with E-state index in [2.05, 4.69) is 203 Å². The minimum atomic E-state index is -0.822. The number of ether oxygens (including phenoxy) is 3. The van der Waals surface area contributed by atoms with Crippen LogP contribution in [0, 0.1) is 0 Å². The van der Waals surface area contributed by atoms with E-state index in [1.165, 1.54) is 44.9 Å². The maximum Gasteiger partial charge on any atom is 0.306 e. The minimum absolute atomic E-state index is 0.112. The highest BCUT2D eigenvalue weighted by Gasteiger charge is 2.19. The van der Waals surface area contributed by atoms with Crippen molar-refractivity contribution in [1.29, 1.82) is 0 Å². The van der Waals surface area contributed by atoms with Crippen molar-refractivity contribution >= 4 is 17.9 Å². The normalized spacial score (nSPS) is 13.4. The number of esters is 3. The molecule has 0 rings (SSSR count). The second-order valence-corrected chi connectivity index (χ2v) is 20.2. The van der Waals surface area contributed by atoms with Crippen molar-refractivity contribution in [1.82, 2.24) is 0 Å². The molecule has 6 heteroatoms. The molecule has 0 spiro atoms. The molecule has 0 aromatic heterocycles. The van der Waals surface area contributed by atoms with E-state index in [1.807, 2.05) is 0 Å². The van der Waals surface area contributed by atoms with Gasteiger partial charge in [0.25, 0.3) is 0 Å². The lowest BCUT2D eigenvalue weighted by molar-refractivity contribution is -0.167. The summed E-state index contributed by atoms with van der Waals surface area (Å²) in [5.41, 5.74) is 0.